The maximum Gasteiger partial charge on any atom is 0.410 e. The molecule has 0 bridgehead atoms. The van der Waals surface area contributed by atoms with Gasteiger partial charge >= 0.3 is 6.09 Å². The van der Waals surface area contributed by atoms with E-state index in [1.165, 1.54) is 0 Å². The summed E-state index contributed by atoms with van der Waals surface area (Å²) in [6.07, 6.45) is 1.54. The van der Waals surface area contributed by atoms with Crippen molar-refractivity contribution in [1.82, 2.24) is 9.88 Å². The normalized spacial score (nSPS) is 17.9. The smallest absolute Gasteiger partial charge is 0.410 e. The van der Waals surface area contributed by atoms with Crippen molar-refractivity contribution >= 4 is 23.4 Å². The third-order valence-electron chi connectivity index (χ3n) is 3.62. The molecule has 2 rings (SSSR count). The van der Waals surface area contributed by atoms with Gasteiger partial charge in [-0.15, -0.1) is 0 Å². The Labute approximate surface area is 150 Å². The summed E-state index contributed by atoms with van der Waals surface area (Å²) >= 11 is 5.98. The second-order valence-corrected chi connectivity index (χ2v) is 7.13. The number of halogens is 1. The lowest BCUT2D eigenvalue weighted by molar-refractivity contribution is 0.0159. The number of aryl methyl sites for hydroxylation is 1. The monoisotopic (exact) mass is 355 g/mol. The largest absolute Gasteiger partial charge is 0.444 e. The van der Waals surface area contributed by atoms with Gasteiger partial charge in [-0.3, -0.25) is 0 Å². The highest BCUT2D eigenvalue weighted by Gasteiger charge is 2.31. The molecule has 6 heteroatoms. The fourth-order valence-corrected chi connectivity index (χ4v) is 2.60. The number of rotatable bonds is 1. The molecule has 136 valence electrons. The zero-order valence-electron chi connectivity index (χ0n) is 15.9. The van der Waals surface area contributed by atoms with Gasteiger partial charge in [-0.05, 0) is 46.2 Å². The first-order chi connectivity index (χ1) is 11.2. The number of aromatic nitrogens is 1. The van der Waals surface area contributed by atoms with Crippen LogP contribution < -0.4 is 4.90 Å². The van der Waals surface area contributed by atoms with Crippen molar-refractivity contribution in [3.63, 3.8) is 0 Å². The van der Waals surface area contributed by atoms with E-state index < -0.39 is 5.60 Å². The van der Waals surface area contributed by atoms with Crippen LogP contribution in [0.2, 0.25) is 5.15 Å². The molecule has 1 aromatic rings. The molecular formula is C18H30ClN3O2. The quantitative estimate of drug-likeness (QED) is 0.695. The van der Waals surface area contributed by atoms with Gasteiger partial charge in [0.05, 0.1) is 11.9 Å². The summed E-state index contributed by atoms with van der Waals surface area (Å²) in [6, 6.07) is 2.12. The third kappa shape index (κ3) is 5.55. The van der Waals surface area contributed by atoms with E-state index in [1.54, 1.807) is 11.1 Å². The number of carbonyl (C=O) groups is 1. The van der Waals surface area contributed by atoms with Gasteiger partial charge in [0.15, 0.2) is 0 Å². The van der Waals surface area contributed by atoms with Crippen LogP contribution >= 0.6 is 11.6 Å². The predicted molar refractivity (Wildman–Crippen MR) is 99.9 cm³/mol. The van der Waals surface area contributed by atoms with Crippen molar-refractivity contribution < 1.29 is 9.53 Å². The molecule has 0 spiro atoms. The van der Waals surface area contributed by atoms with E-state index in [0.29, 0.717) is 11.7 Å². The van der Waals surface area contributed by atoms with Crippen molar-refractivity contribution in [1.29, 1.82) is 0 Å². The molecule has 0 aromatic carbocycles. The van der Waals surface area contributed by atoms with Crippen molar-refractivity contribution in [3.8, 4) is 0 Å². The molecule has 1 fully saturated rings. The van der Waals surface area contributed by atoms with Crippen LogP contribution in [0.5, 0.6) is 0 Å². The van der Waals surface area contributed by atoms with E-state index in [1.807, 2.05) is 54.5 Å². The summed E-state index contributed by atoms with van der Waals surface area (Å²) in [5.41, 5.74) is 1.53. The van der Waals surface area contributed by atoms with Gasteiger partial charge in [0.25, 0.3) is 0 Å². The SMILES string of the molecule is CC.Cc1cc(N2CCN(C(=O)OC(C)(C)C)C(C)C2)cnc1Cl. The molecule has 1 aromatic heterocycles. The van der Waals surface area contributed by atoms with Gasteiger partial charge in [-0.2, -0.15) is 0 Å². The first-order valence-corrected chi connectivity index (χ1v) is 8.92. The minimum absolute atomic E-state index is 0.0829. The van der Waals surface area contributed by atoms with Crippen molar-refractivity contribution in [3.05, 3.63) is 23.0 Å². The molecule has 0 saturated carbocycles. The summed E-state index contributed by atoms with van der Waals surface area (Å²) < 4.78 is 5.46. The van der Waals surface area contributed by atoms with Gasteiger partial charge < -0.3 is 14.5 Å². The van der Waals surface area contributed by atoms with Gasteiger partial charge in [-0.25, -0.2) is 9.78 Å². The Balaban J connectivity index is 0.00000139. The molecule has 1 aliphatic rings. The van der Waals surface area contributed by atoms with Crippen molar-refractivity contribution in [2.24, 2.45) is 0 Å². The average molecular weight is 356 g/mol. The topological polar surface area (TPSA) is 45.7 Å². The molecule has 24 heavy (non-hydrogen) atoms. The fraction of sp³-hybridized carbons (Fsp3) is 0.667. The van der Waals surface area contributed by atoms with Gasteiger partial charge in [0.1, 0.15) is 10.8 Å². The first kappa shape index (κ1) is 20.6. The van der Waals surface area contributed by atoms with Crippen LogP contribution in [0.3, 0.4) is 0 Å². The van der Waals surface area contributed by atoms with Gasteiger partial charge in [-0.1, -0.05) is 25.4 Å². The molecule has 5 nitrogen and oxygen atoms in total. The maximum atomic E-state index is 12.2. The molecular weight excluding hydrogens is 326 g/mol. The van der Waals surface area contributed by atoms with E-state index in [-0.39, 0.29) is 12.1 Å². The van der Waals surface area contributed by atoms with Crippen LogP contribution in [0.15, 0.2) is 12.3 Å². The second-order valence-electron chi connectivity index (χ2n) is 6.77. The molecule has 1 atom stereocenters. The van der Waals surface area contributed by atoms with Crippen molar-refractivity contribution in [2.75, 3.05) is 24.5 Å². The highest BCUT2D eigenvalue weighted by Crippen LogP contribution is 2.23. The van der Waals surface area contributed by atoms with Crippen LogP contribution in [0.4, 0.5) is 10.5 Å². The molecule has 1 unspecified atom stereocenters. The van der Waals surface area contributed by atoms with Crippen LogP contribution in [0.25, 0.3) is 0 Å². The van der Waals surface area contributed by atoms with Gasteiger partial charge in [0, 0.05) is 25.7 Å². The number of anilines is 1. The Kier molecular flexibility index (Phi) is 7.33. The lowest BCUT2D eigenvalue weighted by Gasteiger charge is -2.41. The molecule has 0 radical (unpaired) electrons. The highest BCUT2D eigenvalue weighted by molar-refractivity contribution is 6.30. The van der Waals surface area contributed by atoms with E-state index >= 15 is 0 Å². The number of nitrogens with zero attached hydrogens (tertiary/aromatic N) is 3. The summed E-state index contributed by atoms with van der Waals surface area (Å²) in [5.74, 6) is 0. The summed E-state index contributed by atoms with van der Waals surface area (Å²) in [4.78, 5) is 20.4. The maximum absolute atomic E-state index is 12.2. The fourth-order valence-electron chi connectivity index (χ4n) is 2.50. The number of ether oxygens (including phenoxy) is 1. The number of piperazine rings is 1. The highest BCUT2D eigenvalue weighted by atomic mass is 35.5. The Bertz CT molecular complexity index is 558. The second kappa shape index (κ2) is 8.56. The van der Waals surface area contributed by atoms with Crippen LogP contribution in [0, 0.1) is 6.92 Å². The third-order valence-corrected chi connectivity index (χ3v) is 4.02. The number of hydrogen-bond donors (Lipinski definition) is 0. The zero-order chi connectivity index (χ0) is 18.5. The van der Waals surface area contributed by atoms with E-state index in [4.69, 9.17) is 16.3 Å². The Morgan fingerprint density at radius 2 is 1.96 bits per heavy atom. The minimum Gasteiger partial charge on any atom is -0.444 e. The van der Waals surface area contributed by atoms with E-state index in [9.17, 15) is 4.79 Å². The van der Waals surface area contributed by atoms with Gasteiger partial charge in [0.2, 0.25) is 0 Å². The predicted octanol–water partition coefficient (Wildman–Crippen LogP) is 4.52. The molecule has 2 heterocycles. The zero-order valence-corrected chi connectivity index (χ0v) is 16.6. The van der Waals surface area contributed by atoms with Crippen molar-refractivity contribution in [2.45, 2.75) is 60.1 Å². The molecule has 1 amide bonds. The Hall–Kier alpha value is -1.49. The standard InChI is InChI=1S/C16H24ClN3O2.C2H6/c1-11-8-13(9-18-14(11)17)19-6-7-20(12(2)10-19)15(21)22-16(3,4)5;1-2/h8-9,12H,6-7,10H2,1-5H3;1-2H3. The Morgan fingerprint density at radius 1 is 1.33 bits per heavy atom. The lowest BCUT2D eigenvalue weighted by Crippen LogP contribution is -2.55. The van der Waals surface area contributed by atoms with Crippen LogP contribution in [-0.2, 0) is 4.74 Å². The summed E-state index contributed by atoms with van der Waals surface area (Å²) in [5, 5.41) is 0.532. The van der Waals surface area contributed by atoms with Crippen LogP contribution in [-0.4, -0.2) is 47.3 Å². The molecule has 0 N–H and O–H groups in total. The minimum atomic E-state index is -0.467. The summed E-state index contributed by atoms with van der Waals surface area (Å²) in [7, 11) is 0. The first-order valence-electron chi connectivity index (χ1n) is 8.54. The number of carbonyl (C=O) groups excluding carboxylic acids is 1. The van der Waals surface area contributed by atoms with E-state index in [0.717, 1.165) is 24.3 Å². The number of hydrogen-bond acceptors (Lipinski definition) is 4. The summed E-state index contributed by atoms with van der Waals surface area (Å²) in [6.45, 7) is 15.8. The lowest BCUT2D eigenvalue weighted by atomic mass is 10.1. The molecule has 1 aliphatic heterocycles. The Morgan fingerprint density at radius 3 is 2.46 bits per heavy atom. The molecule has 1 saturated heterocycles. The molecule has 0 aliphatic carbocycles. The average Bonchev–Trinajstić information content (AvgIpc) is 2.50. The number of pyridine rings is 1. The van der Waals surface area contributed by atoms with E-state index in [2.05, 4.69) is 9.88 Å². The number of amides is 1. The van der Waals surface area contributed by atoms with Crippen LogP contribution in [0.1, 0.15) is 47.1 Å².